The Morgan fingerprint density at radius 1 is 1.14 bits per heavy atom. The summed E-state index contributed by atoms with van der Waals surface area (Å²) in [6.07, 6.45) is 2.57. The maximum absolute atomic E-state index is 12.8. The summed E-state index contributed by atoms with van der Waals surface area (Å²) in [7, 11) is -6.83. The van der Waals surface area contributed by atoms with Crippen LogP contribution in [0.25, 0.3) is 0 Å². The molecule has 8 nitrogen and oxygen atoms in total. The average molecular weight is 446 g/mol. The molecule has 0 atom stereocenters. The van der Waals surface area contributed by atoms with Crippen LogP contribution in [0.1, 0.15) is 42.6 Å². The molecule has 1 aromatic carbocycles. The third-order valence-corrected chi connectivity index (χ3v) is 8.86. The van der Waals surface area contributed by atoms with Crippen molar-refractivity contribution in [1.29, 1.82) is 0 Å². The van der Waals surface area contributed by atoms with Crippen molar-refractivity contribution in [2.45, 2.75) is 38.5 Å². The molecule has 0 spiro atoms. The van der Waals surface area contributed by atoms with Gasteiger partial charge in [0.25, 0.3) is 5.91 Å². The van der Waals surface area contributed by atoms with Gasteiger partial charge in [-0.25, -0.2) is 21.1 Å². The van der Waals surface area contributed by atoms with Crippen molar-refractivity contribution in [2.75, 3.05) is 39.0 Å². The first-order chi connectivity index (χ1) is 13.5. The Kier molecular flexibility index (Phi) is 7.83. The highest BCUT2D eigenvalue weighted by molar-refractivity contribution is 7.89. The van der Waals surface area contributed by atoms with Gasteiger partial charge in [0, 0.05) is 38.3 Å². The predicted octanol–water partition coefficient (Wildman–Crippen LogP) is 1.43. The first-order valence-corrected chi connectivity index (χ1v) is 13.1. The zero-order valence-electron chi connectivity index (χ0n) is 17.5. The van der Waals surface area contributed by atoms with E-state index in [9.17, 15) is 21.6 Å². The molecule has 1 aliphatic rings. The molecule has 0 radical (unpaired) electrons. The number of hydrogen-bond acceptors (Lipinski definition) is 5. The van der Waals surface area contributed by atoms with Crippen LogP contribution in [0.2, 0.25) is 0 Å². The van der Waals surface area contributed by atoms with E-state index in [-0.39, 0.29) is 16.7 Å². The maximum Gasteiger partial charge on any atom is 0.251 e. The minimum atomic E-state index is -3.65. The zero-order chi connectivity index (χ0) is 21.8. The molecule has 0 aromatic heterocycles. The third kappa shape index (κ3) is 5.78. The summed E-state index contributed by atoms with van der Waals surface area (Å²) in [5.74, 6) is -0.132. The van der Waals surface area contributed by atoms with Crippen molar-refractivity contribution in [3.8, 4) is 0 Å². The normalized spacial score (nSPS) is 16.9. The van der Waals surface area contributed by atoms with Gasteiger partial charge in [-0.2, -0.15) is 4.31 Å². The number of carbonyl (C=O) groups excluding carboxylic acids is 1. The van der Waals surface area contributed by atoms with Gasteiger partial charge in [-0.15, -0.1) is 0 Å². The molecule has 1 amide bonds. The second-order valence-corrected chi connectivity index (χ2v) is 11.3. The van der Waals surface area contributed by atoms with Gasteiger partial charge < -0.3 is 5.32 Å². The van der Waals surface area contributed by atoms with Crippen molar-refractivity contribution in [3.63, 3.8) is 0 Å². The van der Waals surface area contributed by atoms with Crippen LogP contribution in [0, 0.1) is 12.8 Å². The number of nitrogens with zero attached hydrogens (tertiary/aromatic N) is 2. The number of piperidine rings is 1. The minimum absolute atomic E-state index is 0.148. The van der Waals surface area contributed by atoms with Crippen molar-refractivity contribution in [2.24, 2.45) is 5.92 Å². The Morgan fingerprint density at radius 3 is 2.24 bits per heavy atom. The number of nitrogens with one attached hydrogen (secondary N) is 1. The average Bonchev–Trinajstić information content (AvgIpc) is 2.66. The van der Waals surface area contributed by atoms with E-state index in [2.05, 4.69) is 5.32 Å². The summed E-state index contributed by atoms with van der Waals surface area (Å²) in [4.78, 5) is 12.7. The standard InChI is InChI=1S/C19H31N3O5S2/c1-5-21(6-2)29(26,27)18-13-17(8-7-15(18)3)19(23)20-14-16-9-11-22(12-10-16)28(4,24)25/h7-8,13,16H,5-6,9-12,14H2,1-4H3,(H,20,23). The maximum atomic E-state index is 12.8. The van der Waals surface area contributed by atoms with Gasteiger partial charge in [-0.05, 0) is 43.4 Å². The summed E-state index contributed by atoms with van der Waals surface area (Å²) >= 11 is 0. The van der Waals surface area contributed by atoms with E-state index in [0.29, 0.717) is 56.7 Å². The van der Waals surface area contributed by atoms with E-state index in [1.54, 1.807) is 32.9 Å². The molecular weight excluding hydrogens is 414 g/mol. The highest BCUT2D eigenvalue weighted by Gasteiger charge is 2.26. The zero-order valence-corrected chi connectivity index (χ0v) is 19.1. The summed E-state index contributed by atoms with van der Waals surface area (Å²) in [5, 5.41) is 2.86. The summed E-state index contributed by atoms with van der Waals surface area (Å²) in [6, 6.07) is 4.71. The van der Waals surface area contributed by atoms with Crippen LogP contribution in [0.15, 0.2) is 23.1 Å². The lowest BCUT2D eigenvalue weighted by Crippen LogP contribution is -2.41. The molecule has 164 valence electrons. The van der Waals surface area contributed by atoms with E-state index in [1.165, 1.54) is 20.9 Å². The molecule has 0 aliphatic carbocycles. The Hall–Kier alpha value is -1.49. The second-order valence-electron chi connectivity index (χ2n) is 7.39. The highest BCUT2D eigenvalue weighted by atomic mass is 32.2. The lowest BCUT2D eigenvalue weighted by atomic mass is 9.98. The van der Waals surface area contributed by atoms with E-state index in [4.69, 9.17) is 0 Å². The molecule has 0 bridgehead atoms. The van der Waals surface area contributed by atoms with Gasteiger partial charge in [-0.3, -0.25) is 4.79 Å². The largest absolute Gasteiger partial charge is 0.352 e. The number of aryl methyl sites for hydroxylation is 1. The molecule has 1 saturated heterocycles. The number of rotatable bonds is 8. The van der Waals surface area contributed by atoms with Crippen LogP contribution < -0.4 is 5.32 Å². The lowest BCUT2D eigenvalue weighted by Gasteiger charge is -2.30. The smallest absolute Gasteiger partial charge is 0.251 e. The van der Waals surface area contributed by atoms with Gasteiger partial charge in [0.2, 0.25) is 20.0 Å². The van der Waals surface area contributed by atoms with Crippen LogP contribution >= 0.6 is 0 Å². The van der Waals surface area contributed by atoms with E-state index in [0.717, 1.165) is 0 Å². The molecule has 0 saturated carbocycles. The Bertz CT molecular complexity index is 933. The highest BCUT2D eigenvalue weighted by Crippen LogP contribution is 2.22. The summed E-state index contributed by atoms with van der Waals surface area (Å²) in [6.45, 7) is 7.34. The molecule has 1 aromatic rings. The Morgan fingerprint density at radius 2 is 1.72 bits per heavy atom. The Balaban J connectivity index is 2.05. The Labute approximate surface area is 174 Å². The van der Waals surface area contributed by atoms with Crippen molar-refractivity contribution in [3.05, 3.63) is 29.3 Å². The first-order valence-electron chi connectivity index (χ1n) is 9.84. The summed E-state index contributed by atoms with van der Waals surface area (Å²) in [5.41, 5.74) is 0.900. The van der Waals surface area contributed by atoms with E-state index >= 15 is 0 Å². The molecule has 1 N–H and O–H groups in total. The lowest BCUT2D eigenvalue weighted by molar-refractivity contribution is 0.0941. The van der Waals surface area contributed by atoms with Gasteiger partial charge in [0.05, 0.1) is 11.2 Å². The van der Waals surface area contributed by atoms with Crippen molar-refractivity contribution in [1.82, 2.24) is 13.9 Å². The SMILES string of the molecule is CCN(CC)S(=O)(=O)c1cc(C(=O)NCC2CCN(S(C)(=O)=O)CC2)ccc1C. The quantitative estimate of drug-likeness (QED) is 0.652. The summed E-state index contributed by atoms with van der Waals surface area (Å²) < 4.78 is 51.7. The second kappa shape index (κ2) is 9.55. The number of sulfonamides is 2. The topological polar surface area (TPSA) is 104 Å². The number of amides is 1. The third-order valence-electron chi connectivity index (χ3n) is 5.37. The van der Waals surface area contributed by atoms with E-state index < -0.39 is 20.0 Å². The van der Waals surface area contributed by atoms with Crippen LogP contribution in [0.5, 0.6) is 0 Å². The van der Waals surface area contributed by atoms with Crippen LogP contribution in [0.4, 0.5) is 0 Å². The number of carbonyl (C=O) groups is 1. The van der Waals surface area contributed by atoms with E-state index in [1.807, 2.05) is 0 Å². The van der Waals surface area contributed by atoms with Crippen LogP contribution in [0.3, 0.4) is 0 Å². The van der Waals surface area contributed by atoms with Gasteiger partial charge in [0.15, 0.2) is 0 Å². The molecule has 1 aliphatic heterocycles. The monoisotopic (exact) mass is 445 g/mol. The van der Waals surface area contributed by atoms with Crippen LogP contribution in [-0.4, -0.2) is 70.3 Å². The molecule has 2 rings (SSSR count). The fourth-order valence-corrected chi connectivity index (χ4v) is 6.09. The molecule has 29 heavy (non-hydrogen) atoms. The van der Waals surface area contributed by atoms with Gasteiger partial charge in [-0.1, -0.05) is 19.9 Å². The first kappa shape index (κ1) is 23.8. The predicted molar refractivity (Wildman–Crippen MR) is 113 cm³/mol. The minimum Gasteiger partial charge on any atom is -0.352 e. The fourth-order valence-electron chi connectivity index (χ4n) is 3.51. The van der Waals surface area contributed by atoms with Crippen LogP contribution in [-0.2, 0) is 20.0 Å². The van der Waals surface area contributed by atoms with Gasteiger partial charge in [0.1, 0.15) is 0 Å². The number of benzene rings is 1. The fraction of sp³-hybridized carbons (Fsp3) is 0.632. The molecule has 1 heterocycles. The van der Waals surface area contributed by atoms with Crippen molar-refractivity contribution < 1.29 is 21.6 Å². The van der Waals surface area contributed by atoms with Crippen molar-refractivity contribution >= 4 is 26.0 Å². The molecule has 10 heteroatoms. The molecular formula is C19H31N3O5S2. The molecule has 0 unspecified atom stereocenters. The molecule has 1 fully saturated rings. The van der Waals surface area contributed by atoms with Gasteiger partial charge >= 0.3 is 0 Å². The number of hydrogen-bond donors (Lipinski definition) is 1.